The van der Waals surface area contributed by atoms with Gasteiger partial charge >= 0.3 is 0 Å². The SMILES string of the molecule is c1ccc(-c2cccc(-c3nc(-c4cccc5c4sc4cc(-c6nc(-c7ccccc7)nc(-c7ccccc7)n6)ccc45)nc4c3oc3ccccc34)c2)cc1. The van der Waals surface area contributed by atoms with Crippen LogP contribution in [0.15, 0.2) is 180 Å². The monoisotopic (exact) mass is 735 g/mol. The molecular formula is C49H29N5OS. The molecule has 6 nitrogen and oxygen atoms in total. The fraction of sp³-hybridized carbons (Fsp3) is 0. The van der Waals surface area contributed by atoms with Crippen molar-refractivity contribution in [2.24, 2.45) is 0 Å². The highest BCUT2D eigenvalue weighted by molar-refractivity contribution is 7.26. The van der Waals surface area contributed by atoms with E-state index in [9.17, 15) is 0 Å². The Morgan fingerprint density at radius 3 is 1.70 bits per heavy atom. The van der Waals surface area contributed by atoms with Crippen LogP contribution in [0.4, 0.5) is 0 Å². The van der Waals surface area contributed by atoms with Crippen molar-refractivity contribution in [1.82, 2.24) is 24.9 Å². The van der Waals surface area contributed by atoms with Gasteiger partial charge in [0.15, 0.2) is 28.9 Å². The van der Waals surface area contributed by atoms with Gasteiger partial charge in [0.25, 0.3) is 0 Å². The highest BCUT2D eigenvalue weighted by atomic mass is 32.1. The number of furan rings is 1. The van der Waals surface area contributed by atoms with E-state index in [2.05, 4.69) is 91.0 Å². The van der Waals surface area contributed by atoms with Gasteiger partial charge in [-0.3, -0.25) is 0 Å². The molecule has 0 radical (unpaired) electrons. The maximum absolute atomic E-state index is 6.50. The molecule has 0 spiro atoms. The van der Waals surface area contributed by atoms with Crippen LogP contribution in [0.1, 0.15) is 0 Å². The van der Waals surface area contributed by atoms with Gasteiger partial charge in [-0.1, -0.05) is 146 Å². The first-order valence-electron chi connectivity index (χ1n) is 18.4. The number of thiophene rings is 1. The van der Waals surface area contributed by atoms with Crippen LogP contribution in [-0.2, 0) is 0 Å². The van der Waals surface area contributed by atoms with Crippen molar-refractivity contribution in [2.75, 3.05) is 0 Å². The Hall–Kier alpha value is -7.35. The minimum absolute atomic E-state index is 0.625. The van der Waals surface area contributed by atoms with Gasteiger partial charge < -0.3 is 4.42 Å². The number of rotatable bonds is 6. The molecule has 0 aliphatic rings. The number of nitrogens with zero attached hydrogens (tertiary/aromatic N) is 5. The lowest BCUT2D eigenvalue weighted by atomic mass is 10.0. The molecule has 0 saturated carbocycles. The number of hydrogen-bond acceptors (Lipinski definition) is 7. The molecule has 7 heteroatoms. The molecule has 262 valence electrons. The van der Waals surface area contributed by atoms with E-state index in [-0.39, 0.29) is 0 Å². The van der Waals surface area contributed by atoms with Gasteiger partial charge in [-0.05, 0) is 41.5 Å². The van der Waals surface area contributed by atoms with E-state index in [4.69, 9.17) is 29.3 Å². The average Bonchev–Trinajstić information content (AvgIpc) is 3.85. The van der Waals surface area contributed by atoms with Gasteiger partial charge in [0, 0.05) is 53.4 Å². The quantitative estimate of drug-likeness (QED) is 0.169. The number of aromatic nitrogens is 5. The van der Waals surface area contributed by atoms with Gasteiger partial charge in [0.2, 0.25) is 0 Å². The average molecular weight is 736 g/mol. The molecule has 7 aromatic carbocycles. The molecule has 0 saturated heterocycles. The first kappa shape index (κ1) is 32.1. The van der Waals surface area contributed by atoms with Crippen molar-refractivity contribution in [3.8, 4) is 67.9 Å². The second kappa shape index (κ2) is 13.2. The lowest BCUT2D eigenvalue weighted by molar-refractivity contribution is 0.667. The van der Waals surface area contributed by atoms with Crippen molar-refractivity contribution in [2.45, 2.75) is 0 Å². The van der Waals surface area contributed by atoms with Crippen LogP contribution in [0.2, 0.25) is 0 Å². The Morgan fingerprint density at radius 2 is 0.964 bits per heavy atom. The normalized spacial score (nSPS) is 11.6. The summed E-state index contributed by atoms with van der Waals surface area (Å²) < 4.78 is 8.74. The number of hydrogen-bond donors (Lipinski definition) is 0. The first-order valence-corrected chi connectivity index (χ1v) is 19.2. The van der Waals surface area contributed by atoms with Crippen LogP contribution < -0.4 is 0 Å². The van der Waals surface area contributed by atoms with Crippen molar-refractivity contribution >= 4 is 53.6 Å². The highest BCUT2D eigenvalue weighted by Gasteiger charge is 2.21. The summed E-state index contributed by atoms with van der Waals surface area (Å²) >= 11 is 1.73. The van der Waals surface area contributed by atoms with Crippen LogP contribution in [0.25, 0.3) is 110 Å². The Labute approximate surface area is 325 Å². The molecule has 56 heavy (non-hydrogen) atoms. The summed E-state index contributed by atoms with van der Waals surface area (Å²) in [5, 5.41) is 3.26. The minimum Gasteiger partial charge on any atom is -0.452 e. The molecular weight excluding hydrogens is 707 g/mol. The van der Waals surface area contributed by atoms with Gasteiger partial charge in [-0.2, -0.15) is 0 Å². The maximum Gasteiger partial charge on any atom is 0.180 e. The fourth-order valence-corrected chi connectivity index (χ4v) is 8.69. The smallest absolute Gasteiger partial charge is 0.180 e. The second-order valence-corrected chi connectivity index (χ2v) is 14.7. The predicted molar refractivity (Wildman–Crippen MR) is 228 cm³/mol. The standard InChI is InChI=1S/C49H29N5OS/c1-4-14-30(15-5-1)33-20-12-21-34(28-33)42-44-43(38-22-10-11-25-40(38)55-44)51-49(50-42)39-24-13-23-37-36-27-26-35(29-41(36)56-45(37)39)48-53-46(31-16-6-2-7-17-31)52-47(54-48)32-18-8-3-9-19-32/h1-29H. The van der Waals surface area contributed by atoms with E-state index in [0.717, 1.165) is 81.3 Å². The first-order chi connectivity index (χ1) is 27.7. The Morgan fingerprint density at radius 1 is 0.375 bits per heavy atom. The Balaban J connectivity index is 1.08. The van der Waals surface area contributed by atoms with Gasteiger partial charge in [-0.25, -0.2) is 24.9 Å². The largest absolute Gasteiger partial charge is 0.452 e. The second-order valence-electron chi connectivity index (χ2n) is 13.7. The zero-order valence-corrected chi connectivity index (χ0v) is 30.6. The highest BCUT2D eigenvalue weighted by Crippen LogP contribution is 2.43. The van der Waals surface area contributed by atoms with E-state index >= 15 is 0 Å². The molecule has 11 aromatic rings. The zero-order valence-electron chi connectivity index (χ0n) is 29.8. The third kappa shape index (κ3) is 5.52. The maximum atomic E-state index is 6.50. The van der Waals surface area contributed by atoms with Crippen molar-refractivity contribution in [3.63, 3.8) is 0 Å². The molecule has 0 atom stereocenters. The summed E-state index contributed by atoms with van der Waals surface area (Å²) in [5.74, 6) is 2.55. The zero-order chi connectivity index (χ0) is 37.0. The van der Waals surface area contributed by atoms with Gasteiger partial charge in [0.05, 0.1) is 0 Å². The number of fused-ring (bicyclic) bond motifs is 6. The molecule has 4 aromatic heterocycles. The van der Waals surface area contributed by atoms with E-state index in [0.29, 0.717) is 28.9 Å². The van der Waals surface area contributed by atoms with Crippen molar-refractivity contribution < 1.29 is 4.42 Å². The van der Waals surface area contributed by atoms with Crippen molar-refractivity contribution in [1.29, 1.82) is 0 Å². The third-order valence-electron chi connectivity index (χ3n) is 10.2. The number of para-hydroxylation sites is 1. The summed E-state index contributed by atoms with van der Waals surface area (Å²) in [5.41, 5.74) is 10.0. The molecule has 0 N–H and O–H groups in total. The molecule has 0 unspecified atom stereocenters. The molecule has 0 aliphatic carbocycles. The number of benzene rings is 7. The summed E-state index contributed by atoms with van der Waals surface area (Å²) in [7, 11) is 0. The van der Waals surface area contributed by atoms with E-state index in [1.807, 2.05) is 84.9 Å². The Kier molecular flexibility index (Phi) is 7.57. The lowest BCUT2D eigenvalue weighted by Gasteiger charge is -2.09. The minimum atomic E-state index is 0.625. The molecule has 0 bridgehead atoms. The summed E-state index contributed by atoms with van der Waals surface area (Å²) in [6.07, 6.45) is 0. The molecule has 0 aliphatic heterocycles. The van der Waals surface area contributed by atoms with Crippen LogP contribution in [0.3, 0.4) is 0 Å². The van der Waals surface area contributed by atoms with E-state index in [1.165, 1.54) is 0 Å². The molecule has 0 amide bonds. The van der Waals surface area contributed by atoms with E-state index < -0.39 is 0 Å². The van der Waals surface area contributed by atoms with Crippen LogP contribution in [-0.4, -0.2) is 24.9 Å². The Bertz CT molecular complexity index is 3190. The summed E-state index contributed by atoms with van der Waals surface area (Å²) in [4.78, 5) is 25.4. The molecule has 0 fully saturated rings. The fourth-order valence-electron chi connectivity index (χ4n) is 7.43. The van der Waals surface area contributed by atoms with Gasteiger partial charge in [-0.15, -0.1) is 11.3 Å². The third-order valence-corrected chi connectivity index (χ3v) is 11.4. The van der Waals surface area contributed by atoms with Crippen LogP contribution >= 0.6 is 11.3 Å². The van der Waals surface area contributed by atoms with Crippen LogP contribution in [0.5, 0.6) is 0 Å². The van der Waals surface area contributed by atoms with Gasteiger partial charge in [0.1, 0.15) is 16.8 Å². The van der Waals surface area contributed by atoms with Crippen LogP contribution in [0, 0.1) is 0 Å². The molecule has 4 heterocycles. The predicted octanol–water partition coefficient (Wildman–Crippen LogP) is 12.9. The molecule has 11 rings (SSSR count). The lowest BCUT2D eigenvalue weighted by Crippen LogP contribution is -1.99. The van der Waals surface area contributed by atoms with Crippen molar-refractivity contribution in [3.05, 3.63) is 176 Å². The summed E-state index contributed by atoms with van der Waals surface area (Å²) in [6, 6.07) is 60.0. The summed E-state index contributed by atoms with van der Waals surface area (Å²) in [6.45, 7) is 0. The van der Waals surface area contributed by atoms with E-state index in [1.54, 1.807) is 11.3 Å². The topological polar surface area (TPSA) is 77.6 Å².